The van der Waals surface area contributed by atoms with Crippen molar-refractivity contribution in [2.24, 2.45) is 12.0 Å². The van der Waals surface area contributed by atoms with Crippen molar-refractivity contribution in [3.8, 4) is 0 Å². The highest BCUT2D eigenvalue weighted by Crippen LogP contribution is 2.15. The van der Waals surface area contributed by atoms with E-state index in [0.717, 1.165) is 32.0 Å². The van der Waals surface area contributed by atoms with Gasteiger partial charge in [-0.15, -0.1) is 0 Å². The average molecular weight is 357 g/mol. The number of guanidine groups is 1. The van der Waals surface area contributed by atoms with E-state index in [-0.39, 0.29) is 6.10 Å². The van der Waals surface area contributed by atoms with Gasteiger partial charge in [0.25, 0.3) is 0 Å². The molecule has 1 atom stereocenters. The zero-order valence-electron chi connectivity index (χ0n) is 16.5. The molecule has 0 spiro atoms. The maximum atomic E-state index is 5.92. The van der Waals surface area contributed by atoms with Gasteiger partial charge in [-0.05, 0) is 38.0 Å². The van der Waals surface area contributed by atoms with Gasteiger partial charge in [-0.2, -0.15) is 0 Å². The highest BCUT2D eigenvalue weighted by Gasteiger charge is 2.08. The van der Waals surface area contributed by atoms with Gasteiger partial charge in [0.05, 0.1) is 12.6 Å². The van der Waals surface area contributed by atoms with Crippen LogP contribution in [0, 0.1) is 0 Å². The number of nitrogens with zero attached hydrogens (tertiary/aromatic N) is 3. The summed E-state index contributed by atoms with van der Waals surface area (Å²) in [6.07, 6.45) is 3.09. The maximum Gasteiger partial charge on any atom is 0.194 e. The van der Waals surface area contributed by atoms with E-state index in [0.29, 0.717) is 6.61 Å². The van der Waals surface area contributed by atoms with Gasteiger partial charge in [0.1, 0.15) is 0 Å². The molecule has 2 aromatic rings. The molecule has 0 saturated heterocycles. The van der Waals surface area contributed by atoms with E-state index in [2.05, 4.69) is 73.2 Å². The van der Waals surface area contributed by atoms with E-state index in [4.69, 9.17) is 9.73 Å². The number of hydrogen-bond donors (Lipinski definition) is 1. The Hall–Kier alpha value is -2.27. The Morgan fingerprint density at radius 1 is 1.23 bits per heavy atom. The predicted molar refractivity (Wildman–Crippen MR) is 108 cm³/mol. The van der Waals surface area contributed by atoms with E-state index in [1.54, 1.807) is 0 Å². The summed E-state index contributed by atoms with van der Waals surface area (Å²) < 4.78 is 8.06. The van der Waals surface area contributed by atoms with Crippen molar-refractivity contribution in [1.29, 1.82) is 0 Å². The Morgan fingerprint density at radius 2 is 2.00 bits per heavy atom. The lowest BCUT2D eigenvalue weighted by Crippen LogP contribution is -2.39. The van der Waals surface area contributed by atoms with Gasteiger partial charge in [0.2, 0.25) is 0 Å². The number of rotatable bonds is 9. The lowest BCUT2D eigenvalue weighted by Gasteiger charge is -2.22. The van der Waals surface area contributed by atoms with Gasteiger partial charge >= 0.3 is 0 Å². The van der Waals surface area contributed by atoms with Crippen molar-refractivity contribution in [2.45, 2.75) is 32.9 Å². The summed E-state index contributed by atoms with van der Waals surface area (Å²) in [5, 5.41) is 3.37. The molecule has 0 aliphatic heterocycles. The van der Waals surface area contributed by atoms with Crippen molar-refractivity contribution < 1.29 is 4.74 Å². The standard InChI is InChI=1S/C21H32N4O/c1-5-22-21(25(4)17-20-13-9-15-24(20)3)23-14-10-16-26-18(2)19-11-7-6-8-12-19/h6-9,11-13,15,18H,5,10,14,16-17H2,1-4H3,(H,22,23). The number of ether oxygens (including phenoxy) is 1. The van der Waals surface area contributed by atoms with Gasteiger partial charge in [-0.3, -0.25) is 4.99 Å². The molecular weight excluding hydrogens is 324 g/mol. The van der Waals surface area contributed by atoms with Gasteiger partial charge in [-0.25, -0.2) is 0 Å². The van der Waals surface area contributed by atoms with Crippen LogP contribution in [-0.2, 0) is 18.3 Å². The normalized spacial score (nSPS) is 12.8. The monoisotopic (exact) mass is 356 g/mol. The number of nitrogens with one attached hydrogen (secondary N) is 1. The molecular formula is C21H32N4O. The first-order valence-corrected chi connectivity index (χ1v) is 9.38. The van der Waals surface area contributed by atoms with Crippen LogP contribution in [0.5, 0.6) is 0 Å². The SMILES string of the molecule is CCNC(=NCCCOC(C)c1ccccc1)N(C)Cc1cccn1C. The number of benzene rings is 1. The fourth-order valence-corrected chi connectivity index (χ4v) is 2.78. The third-order valence-corrected chi connectivity index (χ3v) is 4.35. The Morgan fingerprint density at radius 3 is 2.65 bits per heavy atom. The van der Waals surface area contributed by atoms with Crippen LogP contribution in [0.2, 0.25) is 0 Å². The van der Waals surface area contributed by atoms with Crippen LogP contribution < -0.4 is 5.32 Å². The minimum absolute atomic E-state index is 0.119. The highest BCUT2D eigenvalue weighted by atomic mass is 16.5. The van der Waals surface area contributed by atoms with E-state index in [1.807, 2.05) is 18.2 Å². The van der Waals surface area contributed by atoms with Crippen LogP contribution in [0.3, 0.4) is 0 Å². The lowest BCUT2D eigenvalue weighted by atomic mass is 10.1. The molecule has 26 heavy (non-hydrogen) atoms. The summed E-state index contributed by atoms with van der Waals surface area (Å²) in [5.41, 5.74) is 2.48. The van der Waals surface area contributed by atoms with Crippen LogP contribution in [0.25, 0.3) is 0 Å². The fraction of sp³-hybridized carbons (Fsp3) is 0.476. The van der Waals surface area contributed by atoms with Gasteiger partial charge in [-0.1, -0.05) is 30.3 Å². The highest BCUT2D eigenvalue weighted by molar-refractivity contribution is 5.79. The van der Waals surface area contributed by atoms with E-state index in [1.165, 1.54) is 11.3 Å². The van der Waals surface area contributed by atoms with Crippen molar-refractivity contribution in [3.05, 3.63) is 59.9 Å². The molecule has 2 rings (SSSR count). The summed E-state index contributed by atoms with van der Waals surface area (Å²) >= 11 is 0. The summed E-state index contributed by atoms with van der Waals surface area (Å²) in [4.78, 5) is 6.89. The molecule has 1 aromatic heterocycles. The first kappa shape index (κ1) is 20.0. The van der Waals surface area contributed by atoms with Crippen molar-refractivity contribution in [1.82, 2.24) is 14.8 Å². The molecule has 0 amide bonds. The van der Waals surface area contributed by atoms with E-state index in [9.17, 15) is 0 Å². The second kappa shape index (κ2) is 10.7. The molecule has 0 aliphatic carbocycles. The minimum Gasteiger partial charge on any atom is -0.374 e. The zero-order valence-corrected chi connectivity index (χ0v) is 16.5. The van der Waals surface area contributed by atoms with Crippen LogP contribution >= 0.6 is 0 Å². The Bertz CT molecular complexity index is 666. The summed E-state index contributed by atoms with van der Waals surface area (Å²) in [6.45, 7) is 7.34. The maximum absolute atomic E-state index is 5.92. The smallest absolute Gasteiger partial charge is 0.194 e. The summed E-state index contributed by atoms with van der Waals surface area (Å²) in [7, 11) is 4.14. The molecule has 0 saturated carbocycles. The van der Waals surface area contributed by atoms with Gasteiger partial charge in [0, 0.05) is 45.7 Å². The van der Waals surface area contributed by atoms with Crippen LogP contribution in [0.15, 0.2) is 53.7 Å². The molecule has 1 N–H and O–H groups in total. The molecule has 0 radical (unpaired) electrons. The molecule has 1 unspecified atom stereocenters. The first-order chi connectivity index (χ1) is 12.6. The first-order valence-electron chi connectivity index (χ1n) is 9.38. The quantitative estimate of drug-likeness (QED) is 0.424. The minimum atomic E-state index is 0.119. The van der Waals surface area contributed by atoms with Gasteiger partial charge < -0.3 is 19.5 Å². The second-order valence-electron chi connectivity index (χ2n) is 6.48. The lowest BCUT2D eigenvalue weighted by molar-refractivity contribution is 0.0651. The van der Waals surface area contributed by atoms with Crippen molar-refractivity contribution in [3.63, 3.8) is 0 Å². The number of aliphatic imine (C=N–C) groups is 1. The largest absolute Gasteiger partial charge is 0.374 e. The van der Waals surface area contributed by atoms with E-state index < -0.39 is 0 Å². The Balaban J connectivity index is 1.78. The summed E-state index contributed by atoms with van der Waals surface area (Å²) in [5.74, 6) is 0.935. The summed E-state index contributed by atoms with van der Waals surface area (Å²) in [6, 6.07) is 14.5. The van der Waals surface area contributed by atoms with Crippen LogP contribution in [-0.4, -0.2) is 42.2 Å². The average Bonchev–Trinajstić information content (AvgIpc) is 3.05. The number of hydrogen-bond acceptors (Lipinski definition) is 2. The Kier molecular flexibility index (Phi) is 8.22. The van der Waals surface area contributed by atoms with Crippen molar-refractivity contribution >= 4 is 5.96 Å². The third kappa shape index (κ3) is 6.23. The fourth-order valence-electron chi connectivity index (χ4n) is 2.78. The van der Waals surface area contributed by atoms with Gasteiger partial charge in [0.15, 0.2) is 5.96 Å². The predicted octanol–water partition coefficient (Wildman–Crippen LogP) is 3.59. The topological polar surface area (TPSA) is 41.8 Å². The Labute approximate surface area is 157 Å². The molecule has 0 fully saturated rings. The molecule has 5 heteroatoms. The molecule has 1 aromatic carbocycles. The second-order valence-corrected chi connectivity index (χ2v) is 6.48. The van der Waals surface area contributed by atoms with Crippen LogP contribution in [0.4, 0.5) is 0 Å². The molecule has 0 bridgehead atoms. The number of aromatic nitrogens is 1. The van der Waals surface area contributed by atoms with Crippen molar-refractivity contribution in [2.75, 3.05) is 26.7 Å². The molecule has 0 aliphatic rings. The molecule has 5 nitrogen and oxygen atoms in total. The molecule has 1 heterocycles. The third-order valence-electron chi connectivity index (χ3n) is 4.35. The zero-order chi connectivity index (χ0) is 18.8. The molecule has 142 valence electrons. The number of aryl methyl sites for hydroxylation is 1. The van der Waals surface area contributed by atoms with Crippen LogP contribution in [0.1, 0.15) is 37.6 Å². The van der Waals surface area contributed by atoms with E-state index >= 15 is 0 Å².